The predicted octanol–water partition coefficient (Wildman–Crippen LogP) is 4.51. The van der Waals surface area contributed by atoms with Gasteiger partial charge in [0.2, 0.25) is 0 Å². The van der Waals surface area contributed by atoms with Crippen molar-refractivity contribution in [2.75, 3.05) is 7.11 Å². The third-order valence-corrected chi connectivity index (χ3v) is 4.43. The second-order valence-electron chi connectivity index (χ2n) is 4.56. The molecule has 1 unspecified atom stereocenters. The number of hydrazine groups is 1. The molecule has 0 saturated heterocycles. The Kier molecular flexibility index (Phi) is 5.90. The average Bonchev–Trinajstić information content (AvgIpc) is 2.48. The van der Waals surface area contributed by atoms with Gasteiger partial charge in [0.15, 0.2) is 0 Å². The second kappa shape index (κ2) is 7.47. The molecule has 0 saturated carbocycles. The first-order valence-electron chi connectivity index (χ1n) is 6.28. The molecule has 2 aromatic carbocycles. The maximum Gasteiger partial charge on any atom is 0.124 e. The van der Waals surface area contributed by atoms with E-state index in [0.29, 0.717) is 16.5 Å². The topological polar surface area (TPSA) is 47.3 Å². The van der Waals surface area contributed by atoms with E-state index in [0.717, 1.165) is 21.3 Å². The van der Waals surface area contributed by atoms with Crippen molar-refractivity contribution in [3.05, 3.63) is 62.0 Å². The average molecular weight is 390 g/mol. The van der Waals surface area contributed by atoms with E-state index < -0.39 is 0 Å². The number of hydrogen-bond acceptors (Lipinski definition) is 3. The molecule has 3 nitrogen and oxygen atoms in total. The van der Waals surface area contributed by atoms with Crippen LogP contribution in [-0.4, -0.2) is 7.11 Å². The summed E-state index contributed by atoms with van der Waals surface area (Å²) in [6.45, 7) is 0. The molecule has 1 atom stereocenters. The number of ether oxygens (including phenoxy) is 1. The van der Waals surface area contributed by atoms with Crippen LogP contribution >= 0.6 is 39.1 Å². The predicted molar refractivity (Wildman–Crippen MR) is 90.9 cm³/mol. The highest BCUT2D eigenvalue weighted by Crippen LogP contribution is 2.31. The summed E-state index contributed by atoms with van der Waals surface area (Å²) < 4.78 is 6.37. The SMILES string of the molecule is COc1cc(Br)ccc1C(Cc1ccc(Cl)c(Cl)c1)NN. The van der Waals surface area contributed by atoms with Gasteiger partial charge < -0.3 is 4.74 Å². The first-order valence-corrected chi connectivity index (χ1v) is 7.83. The zero-order valence-electron chi connectivity index (χ0n) is 11.4. The summed E-state index contributed by atoms with van der Waals surface area (Å²) in [6.07, 6.45) is 0.672. The highest BCUT2D eigenvalue weighted by atomic mass is 79.9. The van der Waals surface area contributed by atoms with Gasteiger partial charge in [0.1, 0.15) is 5.75 Å². The number of hydrogen-bond donors (Lipinski definition) is 2. The third-order valence-electron chi connectivity index (χ3n) is 3.20. The van der Waals surface area contributed by atoms with Gasteiger partial charge in [-0.2, -0.15) is 0 Å². The van der Waals surface area contributed by atoms with Crippen LogP contribution in [0.3, 0.4) is 0 Å². The summed E-state index contributed by atoms with van der Waals surface area (Å²) in [7, 11) is 1.64. The van der Waals surface area contributed by atoms with E-state index in [2.05, 4.69) is 21.4 Å². The van der Waals surface area contributed by atoms with Gasteiger partial charge in [0.25, 0.3) is 0 Å². The molecule has 0 aliphatic carbocycles. The third kappa shape index (κ3) is 4.11. The molecule has 112 valence electrons. The molecule has 0 fully saturated rings. The first-order chi connectivity index (χ1) is 10.0. The van der Waals surface area contributed by atoms with Gasteiger partial charge in [-0.1, -0.05) is 51.3 Å². The largest absolute Gasteiger partial charge is 0.496 e. The Balaban J connectivity index is 2.29. The summed E-state index contributed by atoms with van der Waals surface area (Å²) in [6, 6.07) is 11.3. The molecule has 0 spiro atoms. The molecule has 6 heteroatoms. The molecule has 0 radical (unpaired) electrons. The zero-order chi connectivity index (χ0) is 15.4. The summed E-state index contributed by atoms with van der Waals surface area (Å²) >= 11 is 15.4. The van der Waals surface area contributed by atoms with Crippen LogP contribution in [0.1, 0.15) is 17.2 Å². The lowest BCUT2D eigenvalue weighted by molar-refractivity contribution is 0.398. The monoisotopic (exact) mass is 388 g/mol. The van der Waals surface area contributed by atoms with Gasteiger partial charge in [0.05, 0.1) is 23.2 Å². The van der Waals surface area contributed by atoms with E-state index in [1.165, 1.54) is 0 Å². The molecular weight excluding hydrogens is 375 g/mol. The van der Waals surface area contributed by atoms with Gasteiger partial charge in [-0.3, -0.25) is 11.3 Å². The van der Waals surface area contributed by atoms with Crippen LogP contribution in [-0.2, 0) is 6.42 Å². The fourth-order valence-electron chi connectivity index (χ4n) is 2.13. The second-order valence-corrected chi connectivity index (χ2v) is 6.29. The lowest BCUT2D eigenvalue weighted by Gasteiger charge is -2.19. The van der Waals surface area contributed by atoms with Crippen molar-refractivity contribution >= 4 is 39.1 Å². The molecule has 2 rings (SSSR count). The Bertz CT molecular complexity index is 637. The minimum absolute atomic E-state index is 0.0923. The van der Waals surface area contributed by atoms with Crippen molar-refractivity contribution in [1.82, 2.24) is 5.43 Å². The van der Waals surface area contributed by atoms with E-state index in [4.69, 9.17) is 33.8 Å². The Morgan fingerprint density at radius 2 is 1.95 bits per heavy atom. The Hall–Kier alpha value is -0.780. The van der Waals surface area contributed by atoms with Crippen LogP contribution < -0.4 is 16.0 Å². The lowest BCUT2D eigenvalue weighted by atomic mass is 9.98. The smallest absolute Gasteiger partial charge is 0.124 e. The number of halogens is 3. The van der Waals surface area contributed by atoms with Gasteiger partial charge in [-0.05, 0) is 36.2 Å². The molecule has 0 aliphatic rings. The lowest BCUT2D eigenvalue weighted by Crippen LogP contribution is -2.29. The van der Waals surface area contributed by atoms with E-state index >= 15 is 0 Å². The number of nitrogens with two attached hydrogens (primary N) is 1. The fourth-order valence-corrected chi connectivity index (χ4v) is 2.79. The summed E-state index contributed by atoms with van der Waals surface area (Å²) in [4.78, 5) is 0. The Labute approximate surface area is 142 Å². The highest BCUT2D eigenvalue weighted by Gasteiger charge is 2.16. The Morgan fingerprint density at radius 3 is 2.57 bits per heavy atom. The van der Waals surface area contributed by atoms with E-state index in [9.17, 15) is 0 Å². The minimum Gasteiger partial charge on any atom is -0.496 e. The number of rotatable bonds is 5. The van der Waals surface area contributed by atoms with Crippen molar-refractivity contribution in [3.8, 4) is 5.75 Å². The quantitative estimate of drug-likeness (QED) is 0.584. The van der Waals surface area contributed by atoms with E-state index in [1.807, 2.05) is 30.3 Å². The molecular formula is C15H15BrCl2N2O. The van der Waals surface area contributed by atoms with Gasteiger partial charge in [0, 0.05) is 10.0 Å². The van der Waals surface area contributed by atoms with Crippen molar-refractivity contribution in [3.63, 3.8) is 0 Å². The Morgan fingerprint density at radius 1 is 1.19 bits per heavy atom. The zero-order valence-corrected chi connectivity index (χ0v) is 14.5. The number of methoxy groups -OCH3 is 1. The van der Waals surface area contributed by atoms with Gasteiger partial charge in [-0.15, -0.1) is 0 Å². The van der Waals surface area contributed by atoms with Crippen LogP contribution in [0, 0.1) is 0 Å². The van der Waals surface area contributed by atoms with Crippen molar-refractivity contribution < 1.29 is 4.74 Å². The number of benzene rings is 2. The van der Waals surface area contributed by atoms with Crippen LogP contribution in [0.2, 0.25) is 10.0 Å². The standard InChI is InChI=1S/C15H15BrCl2N2O/c1-21-15-8-10(16)3-4-11(15)14(20-19)7-9-2-5-12(17)13(18)6-9/h2-6,8,14,20H,7,19H2,1H3. The van der Waals surface area contributed by atoms with Gasteiger partial charge in [-0.25, -0.2) is 0 Å². The molecule has 21 heavy (non-hydrogen) atoms. The first kappa shape index (κ1) is 16.6. The molecule has 0 aromatic heterocycles. The van der Waals surface area contributed by atoms with E-state index in [-0.39, 0.29) is 6.04 Å². The van der Waals surface area contributed by atoms with Crippen molar-refractivity contribution in [2.45, 2.75) is 12.5 Å². The van der Waals surface area contributed by atoms with Gasteiger partial charge >= 0.3 is 0 Å². The van der Waals surface area contributed by atoms with Crippen LogP contribution in [0.15, 0.2) is 40.9 Å². The van der Waals surface area contributed by atoms with E-state index in [1.54, 1.807) is 13.2 Å². The molecule has 0 heterocycles. The molecule has 2 aromatic rings. The summed E-state index contributed by atoms with van der Waals surface area (Å²) in [5.41, 5.74) is 4.84. The van der Waals surface area contributed by atoms with Crippen molar-refractivity contribution in [2.24, 2.45) is 5.84 Å². The maximum atomic E-state index is 6.05. The van der Waals surface area contributed by atoms with Crippen LogP contribution in [0.25, 0.3) is 0 Å². The van der Waals surface area contributed by atoms with Crippen LogP contribution in [0.4, 0.5) is 0 Å². The minimum atomic E-state index is -0.0923. The molecule has 3 N–H and O–H groups in total. The molecule has 0 aliphatic heterocycles. The highest BCUT2D eigenvalue weighted by molar-refractivity contribution is 9.10. The fraction of sp³-hybridized carbons (Fsp3) is 0.200. The van der Waals surface area contributed by atoms with Crippen molar-refractivity contribution in [1.29, 1.82) is 0 Å². The molecule has 0 bridgehead atoms. The molecule has 0 amide bonds. The normalized spacial score (nSPS) is 12.2. The number of nitrogens with one attached hydrogen (secondary N) is 1. The van der Waals surface area contributed by atoms with Crippen LogP contribution in [0.5, 0.6) is 5.75 Å². The maximum absolute atomic E-state index is 6.05. The summed E-state index contributed by atoms with van der Waals surface area (Å²) in [5, 5.41) is 1.08. The summed E-state index contributed by atoms with van der Waals surface area (Å²) in [5.74, 6) is 6.48.